The number of halogens is 2. The Balaban J connectivity index is 2.17. The minimum Gasteiger partial charge on any atom is -0.355 e. The number of thioether (sulfide) groups is 1. The molecule has 2 aromatic rings. The quantitative estimate of drug-likeness (QED) is 0.564. The summed E-state index contributed by atoms with van der Waals surface area (Å²) >= 11 is 13.9. The van der Waals surface area contributed by atoms with E-state index in [9.17, 15) is 0 Å². The van der Waals surface area contributed by atoms with E-state index in [4.69, 9.17) is 23.2 Å². The summed E-state index contributed by atoms with van der Waals surface area (Å²) in [5, 5.41) is 4.52. The van der Waals surface area contributed by atoms with E-state index in [0.29, 0.717) is 10.0 Å². The highest BCUT2D eigenvalue weighted by molar-refractivity contribution is 8.00. The molecule has 0 fully saturated rings. The van der Waals surface area contributed by atoms with E-state index < -0.39 is 0 Å². The fourth-order valence-corrected chi connectivity index (χ4v) is 3.41. The molecule has 22 heavy (non-hydrogen) atoms. The Morgan fingerprint density at radius 3 is 2.36 bits per heavy atom. The number of benzene rings is 2. The van der Waals surface area contributed by atoms with E-state index in [1.165, 1.54) is 10.5 Å². The summed E-state index contributed by atoms with van der Waals surface area (Å²) in [5.74, 6) is 0. The van der Waals surface area contributed by atoms with E-state index in [0.717, 1.165) is 17.8 Å². The van der Waals surface area contributed by atoms with Gasteiger partial charge in [0.15, 0.2) is 0 Å². The molecule has 0 spiro atoms. The van der Waals surface area contributed by atoms with Crippen molar-refractivity contribution in [2.24, 2.45) is 0 Å². The molecule has 0 saturated carbocycles. The van der Waals surface area contributed by atoms with Crippen LogP contribution in [-0.4, -0.2) is 4.75 Å². The van der Waals surface area contributed by atoms with Gasteiger partial charge in [-0.2, -0.15) is 0 Å². The fraction of sp³-hybridized carbons (Fsp3) is 0.333. The second-order valence-electron chi connectivity index (χ2n) is 5.95. The van der Waals surface area contributed by atoms with Gasteiger partial charge >= 0.3 is 0 Å². The molecule has 0 aliphatic carbocycles. The lowest BCUT2D eigenvalue weighted by molar-refractivity contribution is 0.684. The second-order valence-corrected chi connectivity index (χ2v) is 8.54. The largest absolute Gasteiger partial charge is 0.355 e. The van der Waals surface area contributed by atoms with Crippen LogP contribution < -0.4 is 5.32 Å². The van der Waals surface area contributed by atoms with Crippen LogP contribution >= 0.6 is 35.0 Å². The fourth-order valence-electron chi connectivity index (χ4n) is 1.96. The predicted molar refractivity (Wildman–Crippen MR) is 101 cm³/mol. The summed E-state index contributed by atoms with van der Waals surface area (Å²) in [6, 6.07) is 12.1. The number of anilines is 2. The maximum absolute atomic E-state index is 6.06. The van der Waals surface area contributed by atoms with Gasteiger partial charge in [0.2, 0.25) is 0 Å². The van der Waals surface area contributed by atoms with Crippen molar-refractivity contribution in [3.05, 3.63) is 52.0 Å². The molecule has 0 saturated heterocycles. The SMILES string of the molecule is CCC(C)(C)Sc1ccc(Nc2ccc(Cl)c(Cl)c2)c(C)c1. The van der Waals surface area contributed by atoms with Gasteiger partial charge < -0.3 is 5.32 Å². The summed E-state index contributed by atoms with van der Waals surface area (Å²) in [4.78, 5) is 1.30. The smallest absolute Gasteiger partial charge is 0.0612 e. The maximum Gasteiger partial charge on any atom is 0.0612 e. The minimum absolute atomic E-state index is 0.255. The normalized spacial score (nSPS) is 11.5. The van der Waals surface area contributed by atoms with E-state index in [1.807, 2.05) is 23.9 Å². The van der Waals surface area contributed by atoms with E-state index >= 15 is 0 Å². The Morgan fingerprint density at radius 1 is 1.05 bits per heavy atom. The molecule has 0 atom stereocenters. The summed E-state index contributed by atoms with van der Waals surface area (Å²) in [6.07, 6.45) is 1.14. The molecule has 0 aliphatic heterocycles. The van der Waals surface area contributed by atoms with Gasteiger partial charge in [-0.05, 0) is 55.3 Å². The van der Waals surface area contributed by atoms with Gasteiger partial charge in [-0.3, -0.25) is 0 Å². The van der Waals surface area contributed by atoms with Crippen molar-refractivity contribution in [3.63, 3.8) is 0 Å². The molecule has 1 N–H and O–H groups in total. The van der Waals surface area contributed by atoms with Crippen LogP contribution in [-0.2, 0) is 0 Å². The Morgan fingerprint density at radius 2 is 1.77 bits per heavy atom. The zero-order valence-corrected chi connectivity index (χ0v) is 15.7. The van der Waals surface area contributed by atoms with Crippen molar-refractivity contribution in [2.75, 3.05) is 5.32 Å². The molecule has 0 bridgehead atoms. The summed E-state index contributed by atoms with van der Waals surface area (Å²) in [7, 11) is 0. The first kappa shape index (κ1) is 17.5. The van der Waals surface area contributed by atoms with Gasteiger partial charge in [0.25, 0.3) is 0 Å². The molecule has 4 heteroatoms. The van der Waals surface area contributed by atoms with Crippen molar-refractivity contribution in [1.29, 1.82) is 0 Å². The topological polar surface area (TPSA) is 12.0 Å². The monoisotopic (exact) mass is 353 g/mol. The van der Waals surface area contributed by atoms with Crippen LogP contribution in [0.15, 0.2) is 41.3 Å². The van der Waals surface area contributed by atoms with Crippen molar-refractivity contribution in [1.82, 2.24) is 0 Å². The number of hydrogen-bond donors (Lipinski definition) is 1. The average molecular weight is 354 g/mol. The number of nitrogens with one attached hydrogen (secondary N) is 1. The first-order valence-electron chi connectivity index (χ1n) is 7.32. The first-order chi connectivity index (χ1) is 10.3. The lowest BCUT2D eigenvalue weighted by Crippen LogP contribution is -2.11. The van der Waals surface area contributed by atoms with Crippen molar-refractivity contribution in [3.8, 4) is 0 Å². The molecular formula is C18H21Cl2NS. The van der Waals surface area contributed by atoms with Gasteiger partial charge in [0, 0.05) is 21.0 Å². The number of aryl methyl sites for hydroxylation is 1. The Hall–Kier alpha value is -0.830. The molecule has 1 nitrogen and oxygen atoms in total. The Labute approximate surface area is 147 Å². The van der Waals surface area contributed by atoms with E-state index in [2.05, 4.69) is 51.2 Å². The minimum atomic E-state index is 0.255. The average Bonchev–Trinajstić information content (AvgIpc) is 2.45. The molecule has 2 rings (SSSR count). The molecule has 0 aromatic heterocycles. The first-order valence-corrected chi connectivity index (χ1v) is 8.90. The third-order valence-corrected chi connectivity index (χ3v) is 5.71. The summed E-state index contributed by atoms with van der Waals surface area (Å²) < 4.78 is 0.255. The lowest BCUT2D eigenvalue weighted by Gasteiger charge is -2.22. The zero-order chi connectivity index (χ0) is 16.3. The molecule has 0 amide bonds. The Kier molecular flexibility index (Phi) is 5.70. The van der Waals surface area contributed by atoms with Crippen LogP contribution in [0.1, 0.15) is 32.8 Å². The standard InChI is InChI=1S/C18H21Cl2NS/c1-5-18(3,4)22-14-7-9-17(12(2)10-14)21-13-6-8-15(19)16(20)11-13/h6-11,21H,5H2,1-4H3. The van der Waals surface area contributed by atoms with Gasteiger partial charge in [0.1, 0.15) is 0 Å². The van der Waals surface area contributed by atoms with Gasteiger partial charge in [-0.1, -0.05) is 44.0 Å². The highest BCUT2D eigenvalue weighted by Crippen LogP contribution is 2.36. The van der Waals surface area contributed by atoms with Crippen molar-refractivity contribution >= 4 is 46.3 Å². The number of hydrogen-bond acceptors (Lipinski definition) is 2. The molecule has 118 valence electrons. The van der Waals surface area contributed by atoms with Gasteiger partial charge in [-0.15, -0.1) is 11.8 Å². The third kappa shape index (κ3) is 4.58. The Bertz CT molecular complexity index is 668. The summed E-state index contributed by atoms with van der Waals surface area (Å²) in [6.45, 7) is 8.88. The van der Waals surface area contributed by atoms with Crippen LogP contribution in [0.5, 0.6) is 0 Å². The van der Waals surface area contributed by atoms with E-state index in [1.54, 1.807) is 6.07 Å². The van der Waals surface area contributed by atoms with Crippen LogP contribution in [0.25, 0.3) is 0 Å². The number of rotatable bonds is 5. The van der Waals surface area contributed by atoms with Crippen LogP contribution in [0.4, 0.5) is 11.4 Å². The summed E-state index contributed by atoms with van der Waals surface area (Å²) in [5.41, 5.74) is 3.23. The van der Waals surface area contributed by atoms with Crippen molar-refractivity contribution in [2.45, 2.75) is 43.8 Å². The van der Waals surface area contributed by atoms with Gasteiger partial charge in [0.05, 0.1) is 10.0 Å². The molecule has 0 heterocycles. The molecular weight excluding hydrogens is 333 g/mol. The predicted octanol–water partition coefficient (Wildman–Crippen LogP) is 7.33. The lowest BCUT2D eigenvalue weighted by atomic mass is 10.1. The van der Waals surface area contributed by atoms with Gasteiger partial charge in [-0.25, -0.2) is 0 Å². The molecule has 2 aromatic carbocycles. The zero-order valence-electron chi connectivity index (χ0n) is 13.3. The highest BCUT2D eigenvalue weighted by atomic mass is 35.5. The molecule has 0 aliphatic rings. The van der Waals surface area contributed by atoms with Crippen LogP contribution in [0, 0.1) is 6.92 Å². The molecule has 0 unspecified atom stereocenters. The highest BCUT2D eigenvalue weighted by Gasteiger charge is 2.17. The van der Waals surface area contributed by atoms with Crippen LogP contribution in [0.3, 0.4) is 0 Å². The van der Waals surface area contributed by atoms with E-state index in [-0.39, 0.29) is 4.75 Å². The second kappa shape index (κ2) is 7.16. The maximum atomic E-state index is 6.06. The third-order valence-electron chi connectivity index (χ3n) is 3.64. The van der Waals surface area contributed by atoms with Crippen molar-refractivity contribution < 1.29 is 0 Å². The molecule has 0 radical (unpaired) electrons. The van der Waals surface area contributed by atoms with Crippen LogP contribution in [0.2, 0.25) is 10.0 Å².